The van der Waals surface area contributed by atoms with Crippen LogP contribution in [0.5, 0.6) is 0 Å². The molecule has 1 amide bonds. The molecule has 0 radical (unpaired) electrons. The van der Waals surface area contributed by atoms with Crippen molar-refractivity contribution < 1.29 is 9.53 Å². The average Bonchev–Trinajstić information content (AvgIpc) is 2.33. The number of nitrogens with one attached hydrogen (secondary N) is 2. The van der Waals surface area contributed by atoms with E-state index < -0.39 is 0 Å². The third-order valence-corrected chi connectivity index (χ3v) is 4.42. The van der Waals surface area contributed by atoms with Crippen molar-refractivity contribution in [2.24, 2.45) is 5.41 Å². The first kappa shape index (κ1) is 16.4. The van der Waals surface area contributed by atoms with Crippen LogP contribution in [-0.4, -0.2) is 37.2 Å². The molecule has 0 aliphatic heterocycles. The van der Waals surface area contributed by atoms with Crippen LogP contribution in [0, 0.1) is 5.41 Å². The normalized spacial score (nSPS) is 28.3. The van der Waals surface area contributed by atoms with Crippen LogP contribution in [0.25, 0.3) is 0 Å². The van der Waals surface area contributed by atoms with E-state index in [9.17, 15) is 4.79 Å². The molecule has 19 heavy (non-hydrogen) atoms. The zero-order valence-corrected chi connectivity index (χ0v) is 13.2. The van der Waals surface area contributed by atoms with Gasteiger partial charge in [-0.25, -0.2) is 0 Å². The SMILES string of the molecule is CCCC(C)NC(=O)C(C)NC1CC(OC)C1(C)C. The van der Waals surface area contributed by atoms with Crippen LogP contribution < -0.4 is 10.6 Å². The molecule has 4 heteroatoms. The van der Waals surface area contributed by atoms with E-state index in [4.69, 9.17) is 4.74 Å². The van der Waals surface area contributed by atoms with E-state index >= 15 is 0 Å². The number of methoxy groups -OCH3 is 1. The maximum atomic E-state index is 12.1. The summed E-state index contributed by atoms with van der Waals surface area (Å²) < 4.78 is 5.43. The van der Waals surface area contributed by atoms with Crippen LogP contribution in [0.4, 0.5) is 0 Å². The molecule has 2 N–H and O–H groups in total. The number of carbonyl (C=O) groups excluding carboxylic acids is 1. The number of rotatable bonds is 7. The van der Waals surface area contributed by atoms with Crippen molar-refractivity contribution in [3.8, 4) is 0 Å². The summed E-state index contributed by atoms with van der Waals surface area (Å²) >= 11 is 0. The van der Waals surface area contributed by atoms with E-state index in [1.165, 1.54) is 0 Å². The quantitative estimate of drug-likeness (QED) is 0.745. The molecule has 1 fully saturated rings. The molecule has 1 saturated carbocycles. The van der Waals surface area contributed by atoms with Crippen molar-refractivity contribution in [1.82, 2.24) is 10.6 Å². The van der Waals surface area contributed by atoms with Crippen molar-refractivity contribution in [3.05, 3.63) is 0 Å². The summed E-state index contributed by atoms with van der Waals surface area (Å²) in [5.41, 5.74) is 0.0956. The lowest BCUT2D eigenvalue weighted by atomic mass is 9.64. The number of carbonyl (C=O) groups is 1. The number of amides is 1. The van der Waals surface area contributed by atoms with Crippen LogP contribution in [-0.2, 0) is 9.53 Å². The monoisotopic (exact) mass is 270 g/mol. The Morgan fingerprint density at radius 3 is 2.53 bits per heavy atom. The van der Waals surface area contributed by atoms with Gasteiger partial charge in [0.2, 0.25) is 5.91 Å². The molecule has 1 aliphatic carbocycles. The number of ether oxygens (including phenoxy) is 1. The van der Waals surface area contributed by atoms with Crippen molar-refractivity contribution in [2.45, 2.75) is 78.1 Å². The predicted molar refractivity (Wildman–Crippen MR) is 78.1 cm³/mol. The van der Waals surface area contributed by atoms with Crippen LogP contribution in [0.15, 0.2) is 0 Å². The molecule has 4 nitrogen and oxygen atoms in total. The largest absolute Gasteiger partial charge is 0.381 e. The van der Waals surface area contributed by atoms with E-state index in [0.717, 1.165) is 19.3 Å². The second-order valence-electron chi connectivity index (χ2n) is 6.42. The Morgan fingerprint density at radius 2 is 2.05 bits per heavy atom. The first-order valence-corrected chi connectivity index (χ1v) is 7.42. The minimum atomic E-state index is -0.151. The number of hydrogen-bond acceptors (Lipinski definition) is 3. The molecule has 0 aromatic heterocycles. The van der Waals surface area contributed by atoms with Crippen molar-refractivity contribution >= 4 is 5.91 Å². The van der Waals surface area contributed by atoms with Crippen molar-refractivity contribution in [1.29, 1.82) is 0 Å². The third kappa shape index (κ3) is 3.93. The van der Waals surface area contributed by atoms with Gasteiger partial charge in [-0.05, 0) is 26.7 Å². The van der Waals surface area contributed by atoms with E-state index in [0.29, 0.717) is 12.1 Å². The van der Waals surface area contributed by atoms with Gasteiger partial charge in [0, 0.05) is 24.6 Å². The predicted octanol–water partition coefficient (Wildman–Crippen LogP) is 2.08. The van der Waals surface area contributed by atoms with Crippen molar-refractivity contribution in [3.63, 3.8) is 0 Å². The van der Waals surface area contributed by atoms with Crippen LogP contribution in [0.3, 0.4) is 0 Å². The minimum Gasteiger partial charge on any atom is -0.381 e. The van der Waals surface area contributed by atoms with Gasteiger partial charge >= 0.3 is 0 Å². The highest BCUT2D eigenvalue weighted by atomic mass is 16.5. The zero-order valence-electron chi connectivity index (χ0n) is 13.2. The highest BCUT2D eigenvalue weighted by molar-refractivity contribution is 5.81. The van der Waals surface area contributed by atoms with Crippen LogP contribution in [0.1, 0.15) is 53.9 Å². The van der Waals surface area contributed by atoms with Crippen LogP contribution >= 0.6 is 0 Å². The molecule has 0 aromatic rings. The molecule has 0 spiro atoms. The minimum absolute atomic E-state index is 0.0950. The van der Waals surface area contributed by atoms with Gasteiger partial charge in [-0.3, -0.25) is 4.79 Å². The Balaban J connectivity index is 2.39. The molecular weight excluding hydrogens is 240 g/mol. The Bertz CT molecular complexity index is 305. The molecule has 1 rings (SSSR count). The molecule has 0 aromatic carbocycles. The molecule has 4 atom stereocenters. The highest BCUT2D eigenvalue weighted by Crippen LogP contribution is 2.42. The van der Waals surface area contributed by atoms with Gasteiger partial charge in [0.15, 0.2) is 0 Å². The topological polar surface area (TPSA) is 50.4 Å². The Labute approximate surface area is 117 Å². The average molecular weight is 270 g/mol. The van der Waals surface area contributed by atoms with E-state index in [1.54, 1.807) is 7.11 Å². The molecule has 1 aliphatic rings. The van der Waals surface area contributed by atoms with Gasteiger partial charge in [-0.15, -0.1) is 0 Å². The first-order valence-electron chi connectivity index (χ1n) is 7.42. The van der Waals surface area contributed by atoms with Crippen molar-refractivity contribution in [2.75, 3.05) is 7.11 Å². The Kier molecular flexibility index (Phi) is 5.81. The summed E-state index contributed by atoms with van der Waals surface area (Å²) in [6.45, 7) is 10.5. The third-order valence-electron chi connectivity index (χ3n) is 4.42. The summed E-state index contributed by atoms with van der Waals surface area (Å²) in [6, 6.07) is 0.448. The van der Waals surface area contributed by atoms with E-state index in [2.05, 4.69) is 38.3 Å². The van der Waals surface area contributed by atoms with Gasteiger partial charge in [-0.2, -0.15) is 0 Å². The Hall–Kier alpha value is -0.610. The Morgan fingerprint density at radius 1 is 1.42 bits per heavy atom. The molecule has 0 saturated heterocycles. The summed E-state index contributed by atoms with van der Waals surface area (Å²) in [5, 5.41) is 6.48. The fourth-order valence-electron chi connectivity index (χ4n) is 2.82. The van der Waals surface area contributed by atoms with Gasteiger partial charge in [-0.1, -0.05) is 27.2 Å². The highest BCUT2D eigenvalue weighted by Gasteiger charge is 2.49. The molecule has 112 valence electrons. The fourth-order valence-corrected chi connectivity index (χ4v) is 2.82. The lowest BCUT2D eigenvalue weighted by Crippen LogP contribution is -2.64. The zero-order chi connectivity index (χ0) is 14.6. The number of hydrogen-bond donors (Lipinski definition) is 2. The van der Waals surface area contributed by atoms with Gasteiger partial charge in [0.25, 0.3) is 0 Å². The molecule has 4 unspecified atom stereocenters. The summed E-state index contributed by atoms with van der Waals surface area (Å²) in [5.74, 6) is 0.0950. The summed E-state index contributed by atoms with van der Waals surface area (Å²) in [4.78, 5) is 12.1. The lowest BCUT2D eigenvalue weighted by Gasteiger charge is -2.52. The first-order chi connectivity index (χ1) is 8.82. The van der Waals surface area contributed by atoms with E-state index in [1.807, 2.05) is 6.92 Å². The molecule has 0 heterocycles. The van der Waals surface area contributed by atoms with Gasteiger partial charge in [0.05, 0.1) is 12.1 Å². The summed E-state index contributed by atoms with van der Waals surface area (Å²) in [7, 11) is 1.76. The van der Waals surface area contributed by atoms with Gasteiger partial charge < -0.3 is 15.4 Å². The lowest BCUT2D eigenvalue weighted by molar-refractivity contribution is -0.127. The smallest absolute Gasteiger partial charge is 0.237 e. The fraction of sp³-hybridized carbons (Fsp3) is 0.933. The van der Waals surface area contributed by atoms with Crippen LogP contribution in [0.2, 0.25) is 0 Å². The summed E-state index contributed by atoms with van der Waals surface area (Å²) in [6.07, 6.45) is 3.39. The standard InChI is InChI=1S/C15H30N2O2/c1-7-8-10(2)16-14(18)11(3)17-12-9-13(19-6)15(12,4)5/h10-13,17H,7-9H2,1-6H3,(H,16,18). The second kappa shape index (κ2) is 6.71. The molecular formula is C15H30N2O2. The maximum Gasteiger partial charge on any atom is 0.237 e. The maximum absolute atomic E-state index is 12.1. The van der Waals surface area contributed by atoms with Gasteiger partial charge in [0.1, 0.15) is 0 Å². The molecule has 0 bridgehead atoms. The van der Waals surface area contributed by atoms with E-state index in [-0.39, 0.29) is 23.4 Å². The second-order valence-corrected chi connectivity index (χ2v) is 6.42.